The number of benzene rings is 2. The Labute approximate surface area is 156 Å². The Morgan fingerprint density at radius 2 is 1.70 bits per heavy atom. The first kappa shape index (κ1) is 19.7. The molecule has 1 aliphatic rings. The SMILES string of the molecule is Fc1ccc(C2=NOC(c3cccc(C(F)(F)F)c3)(C(F)(F)F)C2)cc1Br. The van der Waals surface area contributed by atoms with Crippen molar-refractivity contribution in [2.75, 3.05) is 0 Å². The van der Waals surface area contributed by atoms with Gasteiger partial charge in [0.05, 0.1) is 15.7 Å². The summed E-state index contributed by atoms with van der Waals surface area (Å²) in [4.78, 5) is 4.68. The van der Waals surface area contributed by atoms with Gasteiger partial charge in [0.2, 0.25) is 0 Å². The van der Waals surface area contributed by atoms with E-state index < -0.39 is 41.3 Å². The van der Waals surface area contributed by atoms with Gasteiger partial charge in [0.1, 0.15) is 5.82 Å². The van der Waals surface area contributed by atoms with Crippen LogP contribution in [0.25, 0.3) is 0 Å². The fraction of sp³-hybridized carbons (Fsp3) is 0.235. The molecule has 10 heteroatoms. The van der Waals surface area contributed by atoms with Crippen molar-refractivity contribution in [1.82, 2.24) is 0 Å². The molecule has 0 N–H and O–H groups in total. The number of halogens is 8. The Balaban J connectivity index is 2.04. The number of rotatable bonds is 2. The van der Waals surface area contributed by atoms with Gasteiger partial charge in [0.15, 0.2) is 0 Å². The van der Waals surface area contributed by atoms with Crippen LogP contribution in [0.15, 0.2) is 52.1 Å². The molecule has 0 saturated heterocycles. The third kappa shape index (κ3) is 3.54. The van der Waals surface area contributed by atoms with E-state index in [1.54, 1.807) is 0 Å². The van der Waals surface area contributed by atoms with Crippen molar-refractivity contribution in [3.8, 4) is 0 Å². The van der Waals surface area contributed by atoms with Gasteiger partial charge in [-0.3, -0.25) is 0 Å². The number of nitrogens with zero attached hydrogens (tertiary/aromatic N) is 1. The quantitative estimate of drug-likeness (QED) is 0.494. The predicted molar refractivity (Wildman–Crippen MR) is 85.5 cm³/mol. The third-order valence-electron chi connectivity index (χ3n) is 4.10. The molecule has 2 aromatic rings. The summed E-state index contributed by atoms with van der Waals surface area (Å²) in [5, 5.41) is 3.44. The molecule has 1 unspecified atom stereocenters. The van der Waals surface area contributed by atoms with Gasteiger partial charge in [0, 0.05) is 17.5 Å². The second-order valence-corrected chi connectivity index (χ2v) is 6.69. The predicted octanol–water partition coefficient (Wildman–Crippen LogP) is 6.19. The first-order valence-electron chi connectivity index (χ1n) is 7.39. The van der Waals surface area contributed by atoms with Gasteiger partial charge < -0.3 is 4.84 Å². The number of alkyl halides is 6. The number of oxime groups is 1. The van der Waals surface area contributed by atoms with E-state index in [0.29, 0.717) is 12.1 Å². The van der Waals surface area contributed by atoms with Crippen LogP contribution < -0.4 is 0 Å². The van der Waals surface area contributed by atoms with Gasteiger partial charge in [-0.25, -0.2) is 4.39 Å². The Morgan fingerprint density at radius 3 is 2.30 bits per heavy atom. The lowest BCUT2D eigenvalue weighted by Gasteiger charge is -2.30. The Morgan fingerprint density at radius 1 is 1.00 bits per heavy atom. The van der Waals surface area contributed by atoms with Gasteiger partial charge in [-0.15, -0.1) is 0 Å². The molecule has 0 spiro atoms. The molecule has 0 amide bonds. The van der Waals surface area contributed by atoms with Crippen LogP contribution >= 0.6 is 15.9 Å². The molecule has 27 heavy (non-hydrogen) atoms. The average Bonchev–Trinajstić information content (AvgIpc) is 3.03. The summed E-state index contributed by atoms with van der Waals surface area (Å²) >= 11 is 2.92. The van der Waals surface area contributed by atoms with Gasteiger partial charge >= 0.3 is 12.4 Å². The summed E-state index contributed by atoms with van der Waals surface area (Å²) in [6.07, 6.45) is -10.7. The van der Waals surface area contributed by atoms with E-state index in [2.05, 4.69) is 25.9 Å². The molecular formula is C17H9BrF7NO. The van der Waals surface area contributed by atoms with Crippen LogP contribution in [0.1, 0.15) is 23.1 Å². The summed E-state index contributed by atoms with van der Waals surface area (Å²) in [6.45, 7) is 0. The third-order valence-corrected chi connectivity index (χ3v) is 4.70. The van der Waals surface area contributed by atoms with Crippen molar-refractivity contribution in [2.24, 2.45) is 5.16 Å². The Hall–Kier alpha value is -2.10. The lowest BCUT2D eigenvalue weighted by molar-refractivity contribution is -0.276. The van der Waals surface area contributed by atoms with E-state index in [1.165, 1.54) is 12.1 Å². The molecule has 3 rings (SSSR count). The molecule has 2 nitrogen and oxygen atoms in total. The molecule has 2 aromatic carbocycles. The lowest BCUT2D eigenvalue weighted by Crippen LogP contribution is -2.42. The van der Waals surface area contributed by atoms with Crippen molar-refractivity contribution < 1.29 is 35.6 Å². The van der Waals surface area contributed by atoms with Crippen LogP contribution in [-0.2, 0) is 16.6 Å². The topological polar surface area (TPSA) is 21.6 Å². The van der Waals surface area contributed by atoms with Gasteiger partial charge in [0.25, 0.3) is 5.60 Å². The summed E-state index contributed by atoms with van der Waals surface area (Å²) in [5.74, 6) is -0.627. The Bertz CT molecular complexity index is 907. The molecule has 0 fully saturated rings. The maximum Gasteiger partial charge on any atom is 0.435 e. The fourth-order valence-electron chi connectivity index (χ4n) is 2.68. The zero-order chi connectivity index (χ0) is 20.0. The minimum atomic E-state index is -5.04. The largest absolute Gasteiger partial charge is 0.435 e. The van der Waals surface area contributed by atoms with Crippen molar-refractivity contribution in [2.45, 2.75) is 24.4 Å². The second-order valence-electron chi connectivity index (χ2n) is 5.84. The van der Waals surface area contributed by atoms with Gasteiger partial charge in [-0.2, -0.15) is 26.3 Å². The van der Waals surface area contributed by atoms with Crippen molar-refractivity contribution >= 4 is 21.6 Å². The molecule has 0 aliphatic carbocycles. The van der Waals surface area contributed by atoms with E-state index in [1.807, 2.05) is 0 Å². The molecule has 144 valence electrons. The van der Waals surface area contributed by atoms with E-state index in [9.17, 15) is 30.7 Å². The molecule has 1 atom stereocenters. The van der Waals surface area contributed by atoms with E-state index in [0.717, 1.165) is 18.2 Å². The van der Waals surface area contributed by atoms with E-state index in [4.69, 9.17) is 0 Å². The van der Waals surface area contributed by atoms with Gasteiger partial charge in [-0.05, 0) is 40.2 Å². The lowest BCUT2D eigenvalue weighted by atomic mass is 9.86. The highest BCUT2D eigenvalue weighted by molar-refractivity contribution is 9.10. The van der Waals surface area contributed by atoms with E-state index >= 15 is 0 Å². The maximum atomic E-state index is 13.8. The highest BCUT2D eigenvalue weighted by atomic mass is 79.9. The molecular weight excluding hydrogens is 447 g/mol. The Kier molecular flexibility index (Phi) is 4.73. The van der Waals surface area contributed by atoms with Crippen LogP contribution in [0.5, 0.6) is 0 Å². The first-order chi connectivity index (χ1) is 12.4. The maximum absolute atomic E-state index is 13.8. The molecule has 1 heterocycles. The van der Waals surface area contributed by atoms with Crippen LogP contribution in [-0.4, -0.2) is 11.9 Å². The number of hydrogen-bond acceptors (Lipinski definition) is 2. The average molecular weight is 456 g/mol. The van der Waals surface area contributed by atoms with Gasteiger partial charge in [-0.1, -0.05) is 23.4 Å². The molecule has 1 aliphatic heterocycles. The zero-order valence-electron chi connectivity index (χ0n) is 13.1. The summed E-state index contributed by atoms with van der Waals surface area (Å²) < 4.78 is 93.5. The standard InChI is InChI=1S/C17H9BrF7NO/c18-12-6-9(4-5-13(12)19)14-8-15(27-26-14,17(23,24)25)10-2-1-3-11(7-10)16(20,21)22/h1-7H,8H2. The normalized spacial score (nSPS) is 20.4. The summed E-state index contributed by atoms with van der Waals surface area (Å²) in [6, 6.07) is 6.30. The zero-order valence-corrected chi connectivity index (χ0v) is 14.7. The highest BCUT2D eigenvalue weighted by Gasteiger charge is 2.62. The van der Waals surface area contributed by atoms with Crippen molar-refractivity contribution in [3.63, 3.8) is 0 Å². The monoisotopic (exact) mass is 455 g/mol. The summed E-state index contributed by atoms with van der Waals surface area (Å²) in [7, 11) is 0. The first-order valence-corrected chi connectivity index (χ1v) is 8.18. The number of hydrogen-bond donors (Lipinski definition) is 0. The van der Waals surface area contributed by atoms with Crippen molar-refractivity contribution in [1.29, 1.82) is 0 Å². The van der Waals surface area contributed by atoms with Crippen LogP contribution in [0, 0.1) is 5.82 Å². The summed E-state index contributed by atoms with van der Waals surface area (Å²) in [5.41, 5.74) is -5.02. The molecule has 0 aromatic heterocycles. The molecule has 0 radical (unpaired) electrons. The second kappa shape index (κ2) is 6.50. The smallest absolute Gasteiger partial charge is 0.374 e. The van der Waals surface area contributed by atoms with E-state index in [-0.39, 0.29) is 15.7 Å². The minimum absolute atomic E-state index is 0.00581. The highest BCUT2D eigenvalue weighted by Crippen LogP contribution is 2.49. The van der Waals surface area contributed by atoms with Crippen LogP contribution in [0.3, 0.4) is 0 Å². The van der Waals surface area contributed by atoms with Crippen LogP contribution in [0.4, 0.5) is 30.7 Å². The molecule has 0 saturated carbocycles. The van der Waals surface area contributed by atoms with Crippen molar-refractivity contribution in [3.05, 3.63) is 69.4 Å². The van der Waals surface area contributed by atoms with Crippen LogP contribution in [0.2, 0.25) is 0 Å². The fourth-order valence-corrected chi connectivity index (χ4v) is 3.06. The minimum Gasteiger partial charge on any atom is -0.374 e. The molecule has 0 bridgehead atoms.